The van der Waals surface area contributed by atoms with Crippen molar-refractivity contribution in [2.75, 3.05) is 6.54 Å². The summed E-state index contributed by atoms with van der Waals surface area (Å²) in [5.74, 6) is 1.48. The molecule has 94 valence electrons. The fourth-order valence-electron chi connectivity index (χ4n) is 2.34. The smallest absolute Gasteiger partial charge is 0.227 e. The maximum atomic E-state index is 12.0. The largest absolute Gasteiger partial charge is 0.353 e. The van der Waals surface area contributed by atoms with Crippen LogP contribution in [0.4, 0.5) is 0 Å². The minimum atomic E-state index is -0.442. The predicted molar refractivity (Wildman–Crippen MR) is 66.9 cm³/mol. The highest BCUT2D eigenvalue weighted by molar-refractivity contribution is 5.82. The molecule has 0 radical (unpaired) electrons. The molecule has 0 aromatic heterocycles. The number of carbonyl (C=O) groups is 1. The Morgan fingerprint density at radius 3 is 2.50 bits per heavy atom. The van der Waals surface area contributed by atoms with E-state index in [0.717, 1.165) is 12.3 Å². The van der Waals surface area contributed by atoms with Crippen LogP contribution in [0.3, 0.4) is 0 Å². The van der Waals surface area contributed by atoms with Gasteiger partial charge in [-0.15, -0.1) is 0 Å². The Kier molecular flexibility index (Phi) is 4.36. The summed E-state index contributed by atoms with van der Waals surface area (Å²) in [4.78, 5) is 12.0. The molecule has 3 atom stereocenters. The number of amides is 1. The number of nitrogens with one attached hydrogen (secondary N) is 1. The SMILES string of the molecule is CC1CCC(NC(=O)C(C)(C)CN)C(C)C1. The van der Waals surface area contributed by atoms with Gasteiger partial charge in [0.05, 0.1) is 5.41 Å². The fourth-order valence-corrected chi connectivity index (χ4v) is 2.34. The molecule has 0 spiro atoms. The summed E-state index contributed by atoms with van der Waals surface area (Å²) in [6, 6.07) is 0.342. The average Bonchev–Trinajstić information content (AvgIpc) is 2.22. The second-order valence-electron chi connectivity index (χ2n) is 6.06. The van der Waals surface area contributed by atoms with Crippen molar-refractivity contribution in [1.82, 2.24) is 5.32 Å². The second-order valence-corrected chi connectivity index (χ2v) is 6.06. The van der Waals surface area contributed by atoms with Gasteiger partial charge in [0, 0.05) is 12.6 Å². The lowest BCUT2D eigenvalue weighted by molar-refractivity contribution is -0.130. The molecule has 3 unspecified atom stereocenters. The first-order chi connectivity index (χ1) is 7.36. The van der Waals surface area contributed by atoms with Crippen molar-refractivity contribution in [3.8, 4) is 0 Å². The highest BCUT2D eigenvalue weighted by Gasteiger charge is 2.31. The Labute approximate surface area is 99.2 Å². The lowest BCUT2D eigenvalue weighted by atomic mass is 9.79. The molecule has 16 heavy (non-hydrogen) atoms. The van der Waals surface area contributed by atoms with E-state index in [0.29, 0.717) is 18.5 Å². The molecule has 3 N–H and O–H groups in total. The molecule has 1 aliphatic carbocycles. The van der Waals surface area contributed by atoms with Crippen LogP contribution in [0.15, 0.2) is 0 Å². The topological polar surface area (TPSA) is 55.1 Å². The van der Waals surface area contributed by atoms with Gasteiger partial charge < -0.3 is 11.1 Å². The van der Waals surface area contributed by atoms with Gasteiger partial charge in [-0.25, -0.2) is 0 Å². The first kappa shape index (κ1) is 13.5. The molecule has 1 aliphatic rings. The van der Waals surface area contributed by atoms with Crippen LogP contribution in [-0.4, -0.2) is 18.5 Å². The van der Waals surface area contributed by atoms with Crippen molar-refractivity contribution < 1.29 is 4.79 Å². The van der Waals surface area contributed by atoms with Gasteiger partial charge in [-0.1, -0.05) is 13.8 Å². The van der Waals surface area contributed by atoms with Crippen molar-refractivity contribution in [3.05, 3.63) is 0 Å². The van der Waals surface area contributed by atoms with E-state index in [1.807, 2.05) is 13.8 Å². The maximum absolute atomic E-state index is 12.0. The van der Waals surface area contributed by atoms with Crippen molar-refractivity contribution in [1.29, 1.82) is 0 Å². The third-order valence-electron chi connectivity index (χ3n) is 3.87. The Hall–Kier alpha value is -0.570. The normalized spacial score (nSPS) is 31.2. The zero-order valence-electron chi connectivity index (χ0n) is 11.0. The van der Waals surface area contributed by atoms with Gasteiger partial charge in [0.15, 0.2) is 0 Å². The summed E-state index contributed by atoms with van der Waals surface area (Å²) in [5, 5.41) is 3.16. The number of hydrogen-bond donors (Lipinski definition) is 2. The van der Waals surface area contributed by atoms with Crippen LogP contribution in [0.25, 0.3) is 0 Å². The molecule has 0 heterocycles. The lowest BCUT2D eigenvalue weighted by Gasteiger charge is -2.35. The first-order valence-corrected chi connectivity index (χ1v) is 6.38. The van der Waals surface area contributed by atoms with Crippen LogP contribution < -0.4 is 11.1 Å². The molecular weight excluding hydrogens is 200 g/mol. The molecule has 0 aromatic rings. The summed E-state index contributed by atoms with van der Waals surface area (Å²) in [7, 11) is 0. The number of nitrogens with two attached hydrogens (primary N) is 1. The highest BCUT2D eigenvalue weighted by atomic mass is 16.2. The Morgan fingerprint density at radius 1 is 1.38 bits per heavy atom. The average molecular weight is 226 g/mol. The minimum Gasteiger partial charge on any atom is -0.353 e. The van der Waals surface area contributed by atoms with Crippen LogP contribution in [-0.2, 0) is 4.79 Å². The highest BCUT2D eigenvalue weighted by Crippen LogP contribution is 2.29. The van der Waals surface area contributed by atoms with E-state index in [9.17, 15) is 4.79 Å². The summed E-state index contributed by atoms with van der Waals surface area (Å²) in [5.41, 5.74) is 5.17. The van der Waals surface area contributed by atoms with E-state index < -0.39 is 5.41 Å². The van der Waals surface area contributed by atoms with Gasteiger partial charge >= 0.3 is 0 Å². The third-order valence-corrected chi connectivity index (χ3v) is 3.87. The molecule has 0 aliphatic heterocycles. The van der Waals surface area contributed by atoms with Gasteiger partial charge in [-0.2, -0.15) is 0 Å². The molecule has 0 aromatic carbocycles. The first-order valence-electron chi connectivity index (χ1n) is 6.38. The van der Waals surface area contributed by atoms with Gasteiger partial charge in [0.25, 0.3) is 0 Å². The fraction of sp³-hybridized carbons (Fsp3) is 0.923. The molecule has 3 heteroatoms. The number of rotatable bonds is 3. The van der Waals surface area contributed by atoms with Crippen LogP contribution in [0.5, 0.6) is 0 Å². The summed E-state index contributed by atoms with van der Waals surface area (Å²) >= 11 is 0. The van der Waals surface area contributed by atoms with E-state index in [-0.39, 0.29) is 5.91 Å². The second kappa shape index (κ2) is 5.17. The Bertz CT molecular complexity index is 250. The van der Waals surface area contributed by atoms with Crippen molar-refractivity contribution in [2.45, 2.75) is 53.0 Å². The van der Waals surface area contributed by atoms with Crippen LogP contribution in [0, 0.1) is 17.3 Å². The summed E-state index contributed by atoms with van der Waals surface area (Å²) in [6.45, 7) is 8.72. The van der Waals surface area contributed by atoms with Crippen molar-refractivity contribution >= 4 is 5.91 Å². The molecular formula is C13H26N2O. The van der Waals surface area contributed by atoms with E-state index in [2.05, 4.69) is 19.2 Å². The molecule has 3 nitrogen and oxygen atoms in total. The zero-order valence-corrected chi connectivity index (χ0v) is 11.0. The van der Waals surface area contributed by atoms with Gasteiger partial charge in [0.2, 0.25) is 5.91 Å². The molecule has 1 rings (SSSR count). The van der Waals surface area contributed by atoms with Crippen LogP contribution in [0.1, 0.15) is 47.0 Å². The van der Waals surface area contributed by atoms with E-state index in [4.69, 9.17) is 5.73 Å². The molecule has 1 amide bonds. The summed E-state index contributed by atoms with van der Waals surface area (Å²) < 4.78 is 0. The van der Waals surface area contributed by atoms with Gasteiger partial charge in [0.1, 0.15) is 0 Å². The van der Waals surface area contributed by atoms with E-state index in [1.54, 1.807) is 0 Å². The van der Waals surface area contributed by atoms with E-state index in [1.165, 1.54) is 12.8 Å². The van der Waals surface area contributed by atoms with Crippen molar-refractivity contribution in [3.63, 3.8) is 0 Å². The quantitative estimate of drug-likeness (QED) is 0.772. The molecule has 1 saturated carbocycles. The monoisotopic (exact) mass is 226 g/mol. The number of hydrogen-bond acceptors (Lipinski definition) is 2. The van der Waals surface area contributed by atoms with Crippen LogP contribution in [0.2, 0.25) is 0 Å². The Balaban J connectivity index is 2.51. The standard InChI is InChI=1S/C13H26N2O/c1-9-5-6-11(10(2)7-9)15-12(16)13(3,4)8-14/h9-11H,5-8,14H2,1-4H3,(H,15,16). The number of carbonyl (C=O) groups excluding carboxylic acids is 1. The third kappa shape index (κ3) is 3.21. The van der Waals surface area contributed by atoms with E-state index >= 15 is 0 Å². The van der Waals surface area contributed by atoms with Crippen molar-refractivity contribution in [2.24, 2.45) is 23.0 Å². The summed E-state index contributed by atoms with van der Waals surface area (Å²) in [6.07, 6.45) is 3.54. The Morgan fingerprint density at radius 2 is 2.00 bits per heavy atom. The van der Waals surface area contributed by atoms with Gasteiger partial charge in [-0.05, 0) is 44.9 Å². The maximum Gasteiger partial charge on any atom is 0.227 e. The predicted octanol–water partition coefficient (Wildman–Crippen LogP) is 1.91. The zero-order chi connectivity index (χ0) is 12.3. The molecule has 1 fully saturated rings. The molecule has 0 saturated heterocycles. The minimum absolute atomic E-state index is 0.0985. The molecule has 0 bridgehead atoms. The van der Waals surface area contributed by atoms with Gasteiger partial charge in [-0.3, -0.25) is 4.79 Å². The van der Waals surface area contributed by atoms with Crippen LogP contribution >= 0.6 is 0 Å². The lowest BCUT2D eigenvalue weighted by Crippen LogP contribution is -2.49.